The van der Waals surface area contributed by atoms with Crippen molar-refractivity contribution in [3.8, 4) is 11.5 Å². The van der Waals surface area contributed by atoms with Crippen molar-refractivity contribution in [1.82, 2.24) is 0 Å². The second-order valence-electron chi connectivity index (χ2n) is 4.31. The summed E-state index contributed by atoms with van der Waals surface area (Å²) in [5.74, 6) is 1.69. The van der Waals surface area contributed by atoms with Crippen LogP contribution in [0.15, 0.2) is 37.4 Å². The maximum absolute atomic E-state index is 5.84. The normalized spacial score (nSPS) is 10.3. The summed E-state index contributed by atoms with van der Waals surface area (Å²) in [6.07, 6.45) is 3.61. The van der Waals surface area contributed by atoms with E-state index in [0.29, 0.717) is 13.2 Å². The zero-order valence-electron chi connectivity index (χ0n) is 12.1. The third-order valence-electron chi connectivity index (χ3n) is 3.18. The molecular formula is C18H20O2. The Hall–Kier alpha value is -2.22. The third kappa shape index (κ3) is 2.29. The molecule has 2 aromatic rings. The van der Waals surface area contributed by atoms with Crippen LogP contribution in [0.3, 0.4) is 0 Å². The highest BCUT2D eigenvalue weighted by Gasteiger charge is 2.17. The molecule has 0 aliphatic heterocycles. The molecule has 2 aromatic carbocycles. The minimum Gasteiger partial charge on any atom is -0.493 e. The van der Waals surface area contributed by atoms with Gasteiger partial charge < -0.3 is 9.47 Å². The van der Waals surface area contributed by atoms with E-state index in [1.54, 1.807) is 12.2 Å². The summed E-state index contributed by atoms with van der Waals surface area (Å²) in [6, 6.07) is 8.09. The van der Waals surface area contributed by atoms with Gasteiger partial charge in [-0.15, -0.1) is 0 Å². The first-order chi connectivity index (χ1) is 9.78. The van der Waals surface area contributed by atoms with Crippen molar-refractivity contribution >= 4 is 22.9 Å². The molecule has 2 nitrogen and oxygen atoms in total. The fourth-order valence-electron chi connectivity index (χ4n) is 2.42. The molecule has 2 rings (SSSR count). The maximum Gasteiger partial charge on any atom is 0.135 e. The summed E-state index contributed by atoms with van der Waals surface area (Å²) in [5, 5.41) is 2.08. The van der Waals surface area contributed by atoms with Crippen molar-refractivity contribution < 1.29 is 9.47 Å². The molecule has 0 saturated heterocycles. The number of hydrogen-bond acceptors (Lipinski definition) is 2. The SMILES string of the molecule is C=Cc1c(C=C)c(OCC)c2ccccc2c1OCC. The van der Waals surface area contributed by atoms with Crippen LogP contribution in [-0.2, 0) is 0 Å². The molecule has 0 amide bonds. The second-order valence-corrected chi connectivity index (χ2v) is 4.31. The minimum atomic E-state index is 0.607. The fraction of sp³-hybridized carbons (Fsp3) is 0.222. The molecule has 0 aromatic heterocycles. The van der Waals surface area contributed by atoms with Crippen LogP contribution in [0.5, 0.6) is 11.5 Å². The maximum atomic E-state index is 5.84. The number of ether oxygens (including phenoxy) is 2. The standard InChI is InChI=1S/C18H20O2/c1-5-13-14(6-2)18(20-8-4)16-12-10-9-11-15(16)17(13)19-7-3/h5-6,9-12H,1-2,7-8H2,3-4H3. The smallest absolute Gasteiger partial charge is 0.135 e. The average molecular weight is 268 g/mol. The van der Waals surface area contributed by atoms with Crippen LogP contribution in [0, 0.1) is 0 Å². The van der Waals surface area contributed by atoms with Crippen molar-refractivity contribution in [3.05, 3.63) is 48.6 Å². The van der Waals surface area contributed by atoms with E-state index in [0.717, 1.165) is 33.4 Å². The molecule has 0 aliphatic carbocycles. The summed E-state index contributed by atoms with van der Waals surface area (Å²) in [4.78, 5) is 0. The first-order valence-corrected chi connectivity index (χ1v) is 6.87. The second kappa shape index (κ2) is 6.29. The third-order valence-corrected chi connectivity index (χ3v) is 3.18. The van der Waals surface area contributed by atoms with Crippen molar-refractivity contribution in [1.29, 1.82) is 0 Å². The molecule has 104 valence electrons. The zero-order chi connectivity index (χ0) is 14.5. The summed E-state index contributed by atoms with van der Waals surface area (Å²) in [6.45, 7) is 13.0. The summed E-state index contributed by atoms with van der Waals surface area (Å²) in [5.41, 5.74) is 1.87. The Kier molecular flexibility index (Phi) is 4.46. The van der Waals surface area contributed by atoms with Gasteiger partial charge in [0.1, 0.15) is 11.5 Å². The van der Waals surface area contributed by atoms with Gasteiger partial charge in [-0.25, -0.2) is 0 Å². The Bertz CT molecular complexity index is 585. The van der Waals surface area contributed by atoms with Crippen LogP contribution in [0.2, 0.25) is 0 Å². The highest BCUT2D eigenvalue weighted by molar-refractivity contribution is 6.00. The molecule has 0 heterocycles. The van der Waals surface area contributed by atoms with Crippen LogP contribution in [-0.4, -0.2) is 13.2 Å². The lowest BCUT2D eigenvalue weighted by Crippen LogP contribution is -2.02. The van der Waals surface area contributed by atoms with E-state index in [1.165, 1.54) is 0 Å². The van der Waals surface area contributed by atoms with E-state index in [1.807, 2.05) is 38.1 Å². The van der Waals surface area contributed by atoms with Gasteiger partial charge in [-0.1, -0.05) is 49.6 Å². The molecule has 0 N–H and O–H groups in total. The van der Waals surface area contributed by atoms with Crippen molar-refractivity contribution in [3.63, 3.8) is 0 Å². The Morgan fingerprint density at radius 3 is 1.55 bits per heavy atom. The Labute approximate surface area is 120 Å². The van der Waals surface area contributed by atoms with Crippen LogP contribution >= 0.6 is 0 Å². The first kappa shape index (κ1) is 14.2. The fourth-order valence-corrected chi connectivity index (χ4v) is 2.42. The Morgan fingerprint density at radius 2 is 1.25 bits per heavy atom. The van der Waals surface area contributed by atoms with Gasteiger partial charge in [0.2, 0.25) is 0 Å². The quantitative estimate of drug-likeness (QED) is 0.740. The highest BCUT2D eigenvalue weighted by Crippen LogP contribution is 2.42. The van der Waals surface area contributed by atoms with Gasteiger partial charge >= 0.3 is 0 Å². The summed E-state index contributed by atoms with van der Waals surface area (Å²) >= 11 is 0. The molecule has 0 saturated carbocycles. The topological polar surface area (TPSA) is 18.5 Å². The van der Waals surface area contributed by atoms with Crippen LogP contribution in [0.1, 0.15) is 25.0 Å². The lowest BCUT2D eigenvalue weighted by Gasteiger charge is -2.18. The molecular weight excluding hydrogens is 248 g/mol. The molecule has 0 bridgehead atoms. The molecule has 0 radical (unpaired) electrons. The predicted octanol–water partition coefficient (Wildman–Crippen LogP) is 4.92. The number of hydrogen-bond donors (Lipinski definition) is 0. The molecule has 0 atom stereocenters. The van der Waals surface area contributed by atoms with Gasteiger partial charge in [-0.05, 0) is 13.8 Å². The van der Waals surface area contributed by atoms with Crippen LogP contribution < -0.4 is 9.47 Å². The Morgan fingerprint density at radius 1 is 0.850 bits per heavy atom. The number of rotatable bonds is 6. The monoisotopic (exact) mass is 268 g/mol. The van der Waals surface area contributed by atoms with E-state index in [9.17, 15) is 0 Å². The van der Waals surface area contributed by atoms with E-state index in [2.05, 4.69) is 13.2 Å². The van der Waals surface area contributed by atoms with Gasteiger partial charge in [-0.3, -0.25) is 0 Å². The molecule has 0 fully saturated rings. The van der Waals surface area contributed by atoms with E-state index >= 15 is 0 Å². The van der Waals surface area contributed by atoms with Crippen LogP contribution in [0.25, 0.3) is 22.9 Å². The zero-order valence-corrected chi connectivity index (χ0v) is 12.1. The van der Waals surface area contributed by atoms with Crippen molar-refractivity contribution in [2.75, 3.05) is 13.2 Å². The molecule has 0 aliphatic rings. The molecule has 0 unspecified atom stereocenters. The van der Waals surface area contributed by atoms with Gasteiger partial charge in [0.15, 0.2) is 0 Å². The molecule has 2 heteroatoms. The van der Waals surface area contributed by atoms with E-state index < -0.39 is 0 Å². The average Bonchev–Trinajstić information content (AvgIpc) is 2.49. The lowest BCUT2D eigenvalue weighted by molar-refractivity contribution is 0.335. The van der Waals surface area contributed by atoms with Gasteiger partial charge in [0, 0.05) is 21.9 Å². The van der Waals surface area contributed by atoms with Crippen molar-refractivity contribution in [2.45, 2.75) is 13.8 Å². The van der Waals surface area contributed by atoms with Gasteiger partial charge in [0.25, 0.3) is 0 Å². The van der Waals surface area contributed by atoms with Crippen molar-refractivity contribution in [2.24, 2.45) is 0 Å². The molecule has 0 spiro atoms. The first-order valence-electron chi connectivity index (χ1n) is 6.87. The summed E-state index contributed by atoms with van der Waals surface area (Å²) < 4.78 is 11.7. The van der Waals surface area contributed by atoms with Gasteiger partial charge in [-0.2, -0.15) is 0 Å². The predicted molar refractivity (Wildman–Crippen MR) is 86.5 cm³/mol. The van der Waals surface area contributed by atoms with Crippen LogP contribution in [0.4, 0.5) is 0 Å². The van der Waals surface area contributed by atoms with Gasteiger partial charge in [0.05, 0.1) is 13.2 Å². The Balaban J connectivity index is 2.92. The lowest BCUT2D eigenvalue weighted by atomic mass is 9.97. The number of benzene rings is 2. The molecule has 20 heavy (non-hydrogen) atoms. The summed E-state index contributed by atoms with van der Waals surface area (Å²) in [7, 11) is 0. The van der Waals surface area contributed by atoms with E-state index in [-0.39, 0.29) is 0 Å². The highest BCUT2D eigenvalue weighted by atomic mass is 16.5. The minimum absolute atomic E-state index is 0.607. The van der Waals surface area contributed by atoms with E-state index in [4.69, 9.17) is 9.47 Å². The largest absolute Gasteiger partial charge is 0.493 e. The number of fused-ring (bicyclic) bond motifs is 1.